The van der Waals surface area contributed by atoms with Crippen LogP contribution in [0.1, 0.15) is 24.2 Å². The van der Waals surface area contributed by atoms with Crippen LogP contribution < -0.4 is 9.62 Å². The lowest BCUT2D eigenvalue weighted by Crippen LogP contribution is -2.26. The Morgan fingerprint density at radius 1 is 1.16 bits per heavy atom. The third kappa shape index (κ3) is 4.41. The highest BCUT2D eigenvalue weighted by Crippen LogP contribution is 2.25. The molecule has 0 bridgehead atoms. The zero-order chi connectivity index (χ0) is 18.0. The molecule has 9 heteroatoms. The first-order valence-electron chi connectivity index (χ1n) is 7.89. The molecule has 0 atom stereocenters. The van der Waals surface area contributed by atoms with Gasteiger partial charge in [-0.3, -0.25) is 0 Å². The van der Waals surface area contributed by atoms with E-state index in [1.807, 2.05) is 6.92 Å². The largest absolute Gasteiger partial charge is 0.341 e. The Morgan fingerprint density at radius 2 is 1.88 bits per heavy atom. The van der Waals surface area contributed by atoms with E-state index in [1.54, 1.807) is 12.1 Å². The van der Waals surface area contributed by atoms with E-state index in [2.05, 4.69) is 19.6 Å². The first-order valence-corrected chi connectivity index (χ1v) is 10.1. The first kappa shape index (κ1) is 18.4. The highest BCUT2D eigenvalue weighted by molar-refractivity contribution is 7.89. The highest BCUT2D eigenvalue weighted by atomic mass is 35.5. The van der Waals surface area contributed by atoms with Crippen molar-refractivity contribution in [3.63, 3.8) is 0 Å². The van der Waals surface area contributed by atoms with E-state index >= 15 is 0 Å². The predicted octanol–water partition coefficient (Wildman–Crippen LogP) is 3.17. The number of aryl methyl sites for hydroxylation is 1. The molecule has 2 heterocycles. The standard InChI is InChI=1S/C16H18Cl2N4O2S/c1-11-8-13(21-16(20-11)22-6-2-3-7-22)10-19-25(23,24)15-9-12(17)4-5-14(15)18/h4-5,8-9,19H,2-3,6-7,10H2,1H3. The average Bonchev–Trinajstić information content (AvgIpc) is 3.09. The fourth-order valence-electron chi connectivity index (χ4n) is 2.70. The van der Waals surface area contributed by atoms with Crippen molar-refractivity contribution in [2.75, 3.05) is 18.0 Å². The van der Waals surface area contributed by atoms with Gasteiger partial charge in [0.2, 0.25) is 16.0 Å². The number of nitrogens with zero attached hydrogens (tertiary/aromatic N) is 3. The molecule has 1 fully saturated rings. The van der Waals surface area contributed by atoms with Crippen molar-refractivity contribution < 1.29 is 8.42 Å². The van der Waals surface area contributed by atoms with E-state index < -0.39 is 10.0 Å². The minimum atomic E-state index is -3.80. The summed E-state index contributed by atoms with van der Waals surface area (Å²) in [6, 6.07) is 6.09. The summed E-state index contributed by atoms with van der Waals surface area (Å²) in [5.74, 6) is 0.646. The summed E-state index contributed by atoms with van der Waals surface area (Å²) in [6.07, 6.45) is 2.24. The number of anilines is 1. The SMILES string of the molecule is Cc1cc(CNS(=O)(=O)c2cc(Cl)ccc2Cl)nc(N2CCCC2)n1. The third-order valence-electron chi connectivity index (χ3n) is 3.91. The molecule has 0 unspecified atom stereocenters. The summed E-state index contributed by atoms with van der Waals surface area (Å²) in [7, 11) is -3.80. The molecule has 25 heavy (non-hydrogen) atoms. The molecule has 0 amide bonds. The van der Waals surface area contributed by atoms with Crippen molar-refractivity contribution in [2.45, 2.75) is 31.2 Å². The lowest BCUT2D eigenvalue weighted by atomic mass is 10.3. The smallest absolute Gasteiger partial charge is 0.242 e. The third-order valence-corrected chi connectivity index (χ3v) is 6.03. The summed E-state index contributed by atoms with van der Waals surface area (Å²) in [5, 5.41) is 0.424. The number of benzene rings is 1. The van der Waals surface area contributed by atoms with Gasteiger partial charge in [0.15, 0.2) is 0 Å². The first-order chi connectivity index (χ1) is 11.8. The Hall–Kier alpha value is -1.41. The van der Waals surface area contributed by atoms with Crippen molar-refractivity contribution in [1.29, 1.82) is 0 Å². The molecule has 0 saturated carbocycles. The maximum absolute atomic E-state index is 12.5. The molecule has 0 spiro atoms. The predicted molar refractivity (Wildman–Crippen MR) is 98.7 cm³/mol. The van der Waals surface area contributed by atoms with Gasteiger partial charge < -0.3 is 4.90 Å². The topological polar surface area (TPSA) is 75.2 Å². The minimum Gasteiger partial charge on any atom is -0.341 e. The number of hydrogen-bond acceptors (Lipinski definition) is 5. The van der Waals surface area contributed by atoms with E-state index in [0.717, 1.165) is 31.6 Å². The van der Waals surface area contributed by atoms with E-state index in [-0.39, 0.29) is 16.5 Å². The second kappa shape index (κ2) is 7.45. The Balaban J connectivity index is 1.79. The molecule has 1 saturated heterocycles. The molecule has 2 aromatic rings. The maximum atomic E-state index is 12.5. The van der Waals surface area contributed by atoms with Crippen molar-refractivity contribution in [3.05, 3.63) is 45.7 Å². The Morgan fingerprint density at radius 3 is 2.60 bits per heavy atom. The van der Waals surface area contributed by atoms with Crippen LogP contribution in [0.2, 0.25) is 10.0 Å². The summed E-state index contributed by atoms with van der Waals surface area (Å²) < 4.78 is 27.5. The number of sulfonamides is 1. The minimum absolute atomic E-state index is 0.0489. The molecule has 134 valence electrons. The van der Waals surface area contributed by atoms with E-state index in [0.29, 0.717) is 16.7 Å². The number of hydrogen-bond donors (Lipinski definition) is 1. The van der Waals surface area contributed by atoms with Crippen LogP contribution in [0.5, 0.6) is 0 Å². The van der Waals surface area contributed by atoms with Gasteiger partial charge in [0.05, 0.1) is 17.3 Å². The van der Waals surface area contributed by atoms with E-state index in [1.165, 1.54) is 12.1 Å². The van der Waals surface area contributed by atoms with Crippen LogP contribution in [0.4, 0.5) is 5.95 Å². The molecule has 1 aliphatic rings. The maximum Gasteiger partial charge on any atom is 0.242 e. The highest BCUT2D eigenvalue weighted by Gasteiger charge is 2.20. The van der Waals surface area contributed by atoms with Gasteiger partial charge in [-0.1, -0.05) is 23.2 Å². The molecular formula is C16H18Cl2N4O2S. The van der Waals surface area contributed by atoms with Crippen LogP contribution in [0.15, 0.2) is 29.2 Å². The van der Waals surface area contributed by atoms with Gasteiger partial charge in [-0.05, 0) is 44.0 Å². The van der Waals surface area contributed by atoms with Crippen LogP contribution in [-0.4, -0.2) is 31.5 Å². The van der Waals surface area contributed by atoms with Crippen molar-refractivity contribution in [3.8, 4) is 0 Å². The number of nitrogens with one attached hydrogen (secondary N) is 1. The monoisotopic (exact) mass is 400 g/mol. The Labute approximate surface area is 157 Å². The molecule has 1 N–H and O–H groups in total. The summed E-state index contributed by atoms with van der Waals surface area (Å²) >= 11 is 11.9. The van der Waals surface area contributed by atoms with E-state index in [4.69, 9.17) is 23.2 Å². The van der Waals surface area contributed by atoms with Gasteiger partial charge in [0.25, 0.3) is 0 Å². The van der Waals surface area contributed by atoms with Gasteiger partial charge in [-0.25, -0.2) is 23.1 Å². The van der Waals surface area contributed by atoms with Crippen LogP contribution >= 0.6 is 23.2 Å². The van der Waals surface area contributed by atoms with Gasteiger partial charge in [-0.2, -0.15) is 0 Å². The Kier molecular flexibility index (Phi) is 5.48. The van der Waals surface area contributed by atoms with Gasteiger partial charge in [-0.15, -0.1) is 0 Å². The molecule has 1 aromatic carbocycles. The zero-order valence-corrected chi connectivity index (χ0v) is 16.0. The molecule has 6 nitrogen and oxygen atoms in total. The molecule has 0 aliphatic carbocycles. The molecular weight excluding hydrogens is 383 g/mol. The van der Waals surface area contributed by atoms with E-state index in [9.17, 15) is 8.42 Å². The van der Waals surface area contributed by atoms with Crippen molar-refractivity contribution in [1.82, 2.24) is 14.7 Å². The molecule has 0 radical (unpaired) electrons. The van der Waals surface area contributed by atoms with Crippen LogP contribution in [0.3, 0.4) is 0 Å². The van der Waals surface area contributed by atoms with Crippen LogP contribution in [-0.2, 0) is 16.6 Å². The molecule has 3 rings (SSSR count). The lowest BCUT2D eigenvalue weighted by molar-refractivity contribution is 0.580. The number of halogens is 2. The Bertz CT molecular complexity index is 884. The van der Waals surface area contributed by atoms with Crippen LogP contribution in [0.25, 0.3) is 0 Å². The second-order valence-corrected chi connectivity index (χ2v) is 8.47. The number of aromatic nitrogens is 2. The van der Waals surface area contributed by atoms with Gasteiger partial charge in [0.1, 0.15) is 4.90 Å². The van der Waals surface area contributed by atoms with Crippen LogP contribution in [0, 0.1) is 6.92 Å². The fraction of sp³-hybridized carbons (Fsp3) is 0.375. The lowest BCUT2D eigenvalue weighted by Gasteiger charge is -2.16. The molecule has 1 aliphatic heterocycles. The summed E-state index contributed by atoms with van der Waals surface area (Å²) in [6.45, 7) is 3.77. The summed E-state index contributed by atoms with van der Waals surface area (Å²) in [5.41, 5.74) is 1.41. The zero-order valence-electron chi connectivity index (χ0n) is 13.7. The molecule has 1 aromatic heterocycles. The van der Waals surface area contributed by atoms with Crippen molar-refractivity contribution in [2.24, 2.45) is 0 Å². The second-order valence-electron chi connectivity index (χ2n) is 5.89. The fourth-order valence-corrected chi connectivity index (χ4v) is 4.46. The number of rotatable bonds is 5. The average molecular weight is 401 g/mol. The van der Waals surface area contributed by atoms with Gasteiger partial charge in [0, 0.05) is 23.8 Å². The normalized spacial score (nSPS) is 14.9. The summed E-state index contributed by atoms with van der Waals surface area (Å²) in [4.78, 5) is 11.0. The van der Waals surface area contributed by atoms with Crippen molar-refractivity contribution >= 4 is 39.2 Å². The van der Waals surface area contributed by atoms with Gasteiger partial charge >= 0.3 is 0 Å². The quantitative estimate of drug-likeness (QED) is 0.833.